The van der Waals surface area contributed by atoms with Crippen LogP contribution in [0.25, 0.3) is 0 Å². The van der Waals surface area contributed by atoms with Crippen LogP contribution in [0, 0.1) is 5.82 Å². The highest BCUT2D eigenvalue weighted by molar-refractivity contribution is 5.68. The molecule has 0 radical (unpaired) electrons. The second kappa shape index (κ2) is 6.21. The Hall–Kier alpha value is -1.96. The Morgan fingerprint density at radius 1 is 1.05 bits per heavy atom. The van der Waals surface area contributed by atoms with Crippen LogP contribution in [0.4, 0.5) is 4.39 Å². The first-order valence-electron chi connectivity index (χ1n) is 7.26. The van der Waals surface area contributed by atoms with E-state index in [-0.39, 0.29) is 5.82 Å². The zero-order valence-corrected chi connectivity index (χ0v) is 12.8. The highest BCUT2D eigenvalue weighted by atomic mass is 19.1. The van der Waals surface area contributed by atoms with E-state index in [1.54, 1.807) is 12.1 Å². The largest absolute Gasteiger partial charge is 0.302 e. The molecule has 21 heavy (non-hydrogen) atoms. The fraction of sp³-hybridized carbons (Fsp3) is 0.316. The van der Waals surface area contributed by atoms with Gasteiger partial charge in [0.25, 0.3) is 0 Å². The van der Waals surface area contributed by atoms with E-state index in [1.165, 1.54) is 17.7 Å². The first-order valence-corrected chi connectivity index (χ1v) is 7.26. The van der Waals surface area contributed by atoms with Crippen molar-refractivity contribution in [1.29, 1.82) is 0 Å². The highest BCUT2D eigenvalue weighted by Gasteiger charge is 2.26. The van der Waals surface area contributed by atoms with E-state index in [9.17, 15) is 9.18 Å². The van der Waals surface area contributed by atoms with E-state index in [0.717, 1.165) is 17.4 Å². The van der Waals surface area contributed by atoms with Crippen LogP contribution >= 0.6 is 0 Å². The molecular formula is C19H21FO. The standard InChI is InChI=1S/C19H21FO/c1-14(2)16-6-4-15(5-7-16)12-19(3,13-21)17-8-10-18(20)11-9-17/h4-11,13-14H,12H2,1-3H3. The molecule has 0 heterocycles. The van der Waals surface area contributed by atoms with Crippen LogP contribution in [0.1, 0.15) is 43.4 Å². The maximum absolute atomic E-state index is 13.0. The van der Waals surface area contributed by atoms with E-state index < -0.39 is 5.41 Å². The third-order valence-corrected chi connectivity index (χ3v) is 3.98. The van der Waals surface area contributed by atoms with Crippen LogP contribution in [0.2, 0.25) is 0 Å². The maximum atomic E-state index is 13.0. The predicted octanol–water partition coefficient (Wildman–Crippen LogP) is 4.65. The first-order chi connectivity index (χ1) is 9.94. The van der Waals surface area contributed by atoms with Gasteiger partial charge in [0.1, 0.15) is 12.1 Å². The number of benzene rings is 2. The molecule has 0 amide bonds. The average Bonchev–Trinajstić information content (AvgIpc) is 2.48. The van der Waals surface area contributed by atoms with E-state index in [0.29, 0.717) is 12.3 Å². The summed E-state index contributed by atoms with van der Waals surface area (Å²) >= 11 is 0. The molecule has 2 rings (SSSR count). The van der Waals surface area contributed by atoms with Gasteiger partial charge in [0.15, 0.2) is 0 Å². The summed E-state index contributed by atoms with van der Waals surface area (Å²) in [5, 5.41) is 0. The summed E-state index contributed by atoms with van der Waals surface area (Å²) in [6.45, 7) is 6.20. The second-order valence-electron chi connectivity index (χ2n) is 6.12. The Kier molecular flexibility index (Phi) is 4.56. The van der Waals surface area contributed by atoms with Crippen molar-refractivity contribution in [3.63, 3.8) is 0 Å². The van der Waals surface area contributed by atoms with Crippen molar-refractivity contribution in [3.8, 4) is 0 Å². The number of carbonyl (C=O) groups is 1. The molecule has 1 atom stereocenters. The van der Waals surface area contributed by atoms with Gasteiger partial charge in [0, 0.05) is 0 Å². The van der Waals surface area contributed by atoms with E-state index >= 15 is 0 Å². The summed E-state index contributed by atoms with van der Waals surface area (Å²) in [5.41, 5.74) is 2.60. The smallest absolute Gasteiger partial charge is 0.130 e. The molecule has 0 saturated carbocycles. The van der Waals surface area contributed by atoms with E-state index in [2.05, 4.69) is 38.1 Å². The van der Waals surface area contributed by atoms with Gasteiger partial charge in [0.2, 0.25) is 0 Å². The molecule has 0 aromatic heterocycles. The topological polar surface area (TPSA) is 17.1 Å². The number of hydrogen-bond donors (Lipinski definition) is 0. The van der Waals surface area contributed by atoms with E-state index in [4.69, 9.17) is 0 Å². The summed E-state index contributed by atoms with van der Waals surface area (Å²) in [7, 11) is 0. The number of halogens is 1. The van der Waals surface area contributed by atoms with Gasteiger partial charge in [-0.1, -0.05) is 50.2 Å². The van der Waals surface area contributed by atoms with Gasteiger partial charge in [-0.2, -0.15) is 0 Å². The summed E-state index contributed by atoms with van der Waals surface area (Å²) < 4.78 is 13.0. The van der Waals surface area contributed by atoms with Gasteiger partial charge >= 0.3 is 0 Å². The fourth-order valence-corrected chi connectivity index (χ4v) is 2.49. The number of aldehydes is 1. The molecule has 0 aliphatic carbocycles. The molecule has 2 heteroatoms. The minimum absolute atomic E-state index is 0.284. The van der Waals surface area contributed by atoms with Gasteiger partial charge in [-0.3, -0.25) is 0 Å². The molecular weight excluding hydrogens is 263 g/mol. The lowest BCUT2D eigenvalue weighted by Gasteiger charge is -2.24. The molecule has 2 aromatic carbocycles. The highest BCUT2D eigenvalue weighted by Crippen LogP contribution is 2.27. The lowest BCUT2D eigenvalue weighted by molar-refractivity contribution is -0.112. The third-order valence-electron chi connectivity index (χ3n) is 3.98. The molecule has 0 spiro atoms. The second-order valence-corrected chi connectivity index (χ2v) is 6.12. The van der Waals surface area contributed by atoms with Crippen LogP contribution in [0.5, 0.6) is 0 Å². The Labute approximate surface area is 125 Å². The van der Waals surface area contributed by atoms with Gasteiger partial charge in [0.05, 0.1) is 5.41 Å². The molecule has 110 valence electrons. The molecule has 0 saturated heterocycles. The van der Waals surface area contributed by atoms with Gasteiger partial charge < -0.3 is 4.79 Å². The minimum atomic E-state index is -0.632. The lowest BCUT2D eigenvalue weighted by atomic mass is 9.78. The molecule has 1 nitrogen and oxygen atoms in total. The van der Waals surface area contributed by atoms with Gasteiger partial charge in [-0.15, -0.1) is 0 Å². The summed E-state index contributed by atoms with van der Waals surface area (Å²) in [6, 6.07) is 14.5. The van der Waals surface area contributed by atoms with Crippen LogP contribution in [-0.4, -0.2) is 6.29 Å². The molecule has 0 aliphatic rings. The van der Waals surface area contributed by atoms with Gasteiger partial charge in [-0.25, -0.2) is 4.39 Å². The number of hydrogen-bond acceptors (Lipinski definition) is 1. The average molecular weight is 284 g/mol. The Morgan fingerprint density at radius 2 is 1.62 bits per heavy atom. The normalized spacial score (nSPS) is 14.0. The minimum Gasteiger partial charge on any atom is -0.302 e. The van der Waals surface area contributed by atoms with Crippen molar-refractivity contribution in [2.45, 2.75) is 38.5 Å². The van der Waals surface area contributed by atoms with Crippen LogP contribution < -0.4 is 0 Å². The van der Waals surface area contributed by atoms with Crippen molar-refractivity contribution in [2.75, 3.05) is 0 Å². The lowest BCUT2D eigenvalue weighted by Crippen LogP contribution is -2.26. The van der Waals surface area contributed by atoms with Crippen LogP contribution in [-0.2, 0) is 16.6 Å². The zero-order chi connectivity index (χ0) is 15.5. The first kappa shape index (κ1) is 15.4. The number of rotatable bonds is 5. The van der Waals surface area contributed by atoms with Crippen molar-refractivity contribution in [2.24, 2.45) is 0 Å². The molecule has 0 fully saturated rings. The quantitative estimate of drug-likeness (QED) is 0.730. The number of carbonyl (C=O) groups excluding carboxylic acids is 1. The summed E-state index contributed by atoms with van der Waals surface area (Å²) in [4.78, 5) is 11.6. The third kappa shape index (κ3) is 3.57. The summed E-state index contributed by atoms with van der Waals surface area (Å²) in [5.74, 6) is 0.210. The molecule has 0 bridgehead atoms. The summed E-state index contributed by atoms with van der Waals surface area (Å²) in [6.07, 6.45) is 1.57. The fourth-order valence-electron chi connectivity index (χ4n) is 2.49. The Bertz CT molecular complexity index is 598. The van der Waals surface area contributed by atoms with Crippen LogP contribution in [0.15, 0.2) is 48.5 Å². The molecule has 2 aromatic rings. The van der Waals surface area contributed by atoms with Gasteiger partial charge in [-0.05, 0) is 48.1 Å². The molecule has 0 aliphatic heterocycles. The zero-order valence-electron chi connectivity index (χ0n) is 12.8. The molecule has 1 unspecified atom stereocenters. The maximum Gasteiger partial charge on any atom is 0.130 e. The van der Waals surface area contributed by atoms with Crippen molar-refractivity contribution >= 4 is 6.29 Å². The Balaban J connectivity index is 2.25. The SMILES string of the molecule is CC(C)c1ccc(CC(C)(C=O)c2ccc(F)cc2)cc1. The predicted molar refractivity (Wildman–Crippen MR) is 84.1 cm³/mol. The Morgan fingerprint density at radius 3 is 2.10 bits per heavy atom. The van der Waals surface area contributed by atoms with Crippen molar-refractivity contribution in [1.82, 2.24) is 0 Å². The van der Waals surface area contributed by atoms with E-state index in [1.807, 2.05) is 6.92 Å². The monoisotopic (exact) mass is 284 g/mol. The van der Waals surface area contributed by atoms with Crippen molar-refractivity contribution in [3.05, 3.63) is 71.0 Å². The van der Waals surface area contributed by atoms with Crippen LogP contribution in [0.3, 0.4) is 0 Å². The van der Waals surface area contributed by atoms with Crippen molar-refractivity contribution < 1.29 is 9.18 Å². The molecule has 0 N–H and O–H groups in total.